The van der Waals surface area contributed by atoms with E-state index in [1.54, 1.807) is 0 Å². The Kier molecular flexibility index (Phi) is 5.18. The molecule has 1 heterocycles. The minimum Gasteiger partial charge on any atom is -0.393 e. The highest BCUT2D eigenvalue weighted by Crippen LogP contribution is 2.24. The van der Waals surface area contributed by atoms with Crippen molar-refractivity contribution in [3.8, 4) is 0 Å². The third-order valence-electron chi connectivity index (χ3n) is 4.81. The van der Waals surface area contributed by atoms with Gasteiger partial charge in [0.25, 0.3) is 0 Å². The van der Waals surface area contributed by atoms with E-state index in [0.29, 0.717) is 38.0 Å². The zero-order valence-electron chi connectivity index (χ0n) is 13.5. The molecule has 0 aromatic heterocycles. The van der Waals surface area contributed by atoms with Gasteiger partial charge in [-0.1, -0.05) is 0 Å². The highest BCUT2D eigenvalue weighted by molar-refractivity contribution is 5.74. The van der Waals surface area contributed by atoms with Crippen LogP contribution in [0.25, 0.3) is 0 Å². The zero-order chi connectivity index (χ0) is 17.1. The Balaban J connectivity index is 1.48. The Morgan fingerprint density at radius 3 is 2.50 bits per heavy atom. The van der Waals surface area contributed by atoms with Crippen LogP contribution in [-0.4, -0.2) is 42.4 Å². The Bertz CT molecular complexity index is 591. The molecule has 2 aliphatic rings. The third-order valence-corrected chi connectivity index (χ3v) is 4.81. The third kappa shape index (κ3) is 4.14. The molecular weight excluding hydrogens is 316 g/mol. The number of halogens is 2. The van der Waals surface area contributed by atoms with Crippen LogP contribution in [0.15, 0.2) is 18.2 Å². The van der Waals surface area contributed by atoms with Gasteiger partial charge >= 0.3 is 6.03 Å². The van der Waals surface area contributed by atoms with Crippen LogP contribution in [-0.2, 0) is 0 Å². The Morgan fingerprint density at radius 1 is 1.08 bits per heavy atom. The number of aliphatic hydroxyl groups excluding tert-OH is 1. The van der Waals surface area contributed by atoms with E-state index in [1.807, 2.05) is 4.90 Å². The molecule has 1 unspecified atom stereocenters. The van der Waals surface area contributed by atoms with Crippen molar-refractivity contribution in [1.82, 2.24) is 10.6 Å². The molecule has 1 saturated carbocycles. The summed E-state index contributed by atoms with van der Waals surface area (Å²) in [4.78, 5) is 13.9. The van der Waals surface area contributed by atoms with Crippen molar-refractivity contribution in [1.29, 1.82) is 0 Å². The number of hydrogen-bond donors (Lipinski definition) is 3. The molecule has 2 fully saturated rings. The molecule has 3 rings (SSSR count). The fourth-order valence-electron chi connectivity index (χ4n) is 3.47. The van der Waals surface area contributed by atoms with E-state index < -0.39 is 11.6 Å². The molecule has 2 amide bonds. The number of nitrogens with zero attached hydrogens (tertiary/aromatic N) is 1. The number of carbonyl (C=O) groups is 1. The van der Waals surface area contributed by atoms with Gasteiger partial charge in [0.2, 0.25) is 0 Å². The lowest BCUT2D eigenvalue weighted by atomic mass is 9.93. The second kappa shape index (κ2) is 7.34. The van der Waals surface area contributed by atoms with Crippen LogP contribution in [0, 0.1) is 11.6 Å². The van der Waals surface area contributed by atoms with Gasteiger partial charge in [0, 0.05) is 31.2 Å². The van der Waals surface area contributed by atoms with Crippen molar-refractivity contribution in [2.45, 2.75) is 50.3 Å². The molecule has 1 saturated heterocycles. The van der Waals surface area contributed by atoms with Gasteiger partial charge in [0.1, 0.15) is 11.6 Å². The first-order valence-corrected chi connectivity index (χ1v) is 8.46. The summed E-state index contributed by atoms with van der Waals surface area (Å²) in [5.41, 5.74) is 0.363. The van der Waals surface area contributed by atoms with Gasteiger partial charge in [-0.05, 0) is 44.2 Å². The van der Waals surface area contributed by atoms with E-state index in [0.717, 1.165) is 18.9 Å². The monoisotopic (exact) mass is 339 g/mol. The van der Waals surface area contributed by atoms with Crippen molar-refractivity contribution in [3.05, 3.63) is 29.8 Å². The molecule has 0 bridgehead atoms. The smallest absolute Gasteiger partial charge is 0.315 e. The Labute approximate surface area is 140 Å². The summed E-state index contributed by atoms with van der Waals surface area (Å²) in [6.07, 6.45) is 3.46. The number of benzene rings is 1. The van der Waals surface area contributed by atoms with E-state index in [-0.39, 0.29) is 24.2 Å². The van der Waals surface area contributed by atoms with Gasteiger partial charge in [-0.15, -0.1) is 0 Å². The van der Waals surface area contributed by atoms with Crippen LogP contribution >= 0.6 is 0 Å². The average Bonchev–Trinajstić information content (AvgIpc) is 2.97. The standard InChI is InChI=1S/C17H23F2N3O2/c18-11-1-6-16(15(19)9-11)22-8-7-13(10-22)21-17(24)20-12-2-4-14(23)5-3-12/h1,6,9,12-14,23H,2-5,7-8,10H2,(H2,20,21,24). The van der Waals surface area contributed by atoms with E-state index in [1.165, 1.54) is 12.1 Å². The molecule has 1 aliphatic heterocycles. The predicted octanol–water partition coefficient (Wildman–Crippen LogP) is 2.15. The second-order valence-corrected chi connectivity index (χ2v) is 6.65. The van der Waals surface area contributed by atoms with E-state index in [4.69, 9.17) is 0 Å². The molecule has 1 atom stereocenters. The zero-order valence-corrected chi connectivity index (χ0v) is 13.5. The second-order valence-electron chi connectivity index (χ2n) is 6.65. The van der Waals surface area contributed by atoms with Gasteiger partial charge in [-0.3, -0.25) is 0 Å². The Hall–Kier alpha value is -1.89. The molecule has 1 aromatic rings. The molecule has 1 aromatic carbocycles. The van der Waals surface area contributed by atoms with Crippen LogP contribution < -0.4 is 15.5 Å². The van der Waals surface area contributed by atoms with Gasteiger partial charge < -0.3 is 20.6 Å². The summed E-state index contributed by atoms with van der Waals surface area (Å²) in [6, 6.07) is 3.36. The molecular formula is C17H23F2N3O2. The fourth-order valence-corrected chi connectivity index (χ4v) is 3.47. The minimum atomic E-state index is -0.595. The lowest BCUT2D eigenvalue weighted by molar-refractivity contribution is 0.117. The van der Waals surface area contributed by atoms with Crippen molar-refractivity contribution in [2.24, 2.45) is 0 Å². The van der Waals surface area contributed by atoms with Gasteiger partial charge in [0.15, 0.2) is 0 Å². The SMILES string of the molecule is O=C(NC1CCC(O)CC1)NC1CCN(c2ccc(F)cc2F)C1. The van der Waals surface area contributed by atoms with E-state index >= 15 is 0 Å². The Morgan fingerprint density at radius 2 is 1.79 bits per heavy atom. The molecule has 0 radical (unpaired) electrons. The van der Waals surface area contributed by atoms with Crippen molar-refractivity contribution in [3.63, 3.8) is 0 Å². The highest BCUT2D eigenvalue weighted by atomic mass is 19.1. The molecule has 0 spiro atoms. The maximum Gasteiger partial charge on any atom is 0.315 e. The summed E-state index contributed by atoms with van der Waals surface area (Å²) in [5.74, 6) is -1.18. The van der Waals surface area contributed by atoms with Gasteiger partial charge in [-0.2, -0.15) is 0 Å². The van der Waals surface area contributed by atoms with Crippen molar-refractivity contribution >= 4 is 11.7 Å². The molecule has 132 valence electrons. The topological polar surface area (TPSA) is 64.6 Å². The van der Waals surface area contributed by atoms with Crippen LogP contribution in [0.3, 0.4) is 0 Å². The number of aliphatic hydroxyl groups is 1. The van der Waals surface area contributed by atoms with Crippen LogP contribution in [0.5, 0.6) is 0 Å². The largest absolute Gasteiger partial charge is 0.393 e. The summed E-state index contributed by atoms with van der Waals surface area (Å²) < 4.78 is 26.8. The number of carbonyl (C=O) groups excluding carboxylic acids is 1. The van der Waals surface area contributed by atoms with E-state index in [9.17, 15) is 18.7 Å². The number of amides is 2. The average molecular weight is 339 g/mol. The summed E-state index contributed by atoms with van der Waals surface area (Å²) >= 11 is 0. The summed E-state index contributed by atoms with van der Waals surface area (Å²) in [5, 5.41) is 15.3. The quantitative estimate of drug-likeness (QED) is 0.791. The first-order valence-electron chi connectivity index (χ1n) is 8.46. The normalized spacial score (nSPS) is 27.1. The van der Waals surface area contributed by atoms with Crippen molar-refractivity contribution < 1.29 is 18.7 Å². The number of nitrogens with one attached hydrogen (secondary N) is 2. The summed E-state index contributed by atoms with van der Waals surface area (Å²) in [7, 11) is 0. The molecule has 24 heavy (non-hydrogen) atoms. The number of urea groups is 1. The van der Waals surface area contributed by atoms with Crippen LogP contribution in [0.1, 0.15) is 32.1 Å². The fraction of sp³-hybridized carbons (Fsp3) is 0.588. The van der Waals surface area contributed by atoms with Gasteiger partial charge in [-0.25, -0.2) is 13.6 Å². The highest BCUT2D eigenvalue weighted by Gasteiger charge is 2.27. The van der Waals surface area contributed by atoms with E-state index in [2.05, 4.69) is 10.6 Å². The first-order chi connectivity index (χ1) is 11.5. The number of rotatable bonds is 3. The lowest BCUT2D eigenvalue weighted by Gasteiger charge is -2.27. The number of hydrogen-bond acceptors (Lipinski definition) is 3. The van der Waals surface area contributed by atoms with Crippen molar-refractivity contribution in [2.75, 3.05) is 18.0 Å². The first kappa shape index (κ1) is 17.0. The summed E-state index contributed by atoms with van der Waals surface area (Å²) in [6.45, 7) is 1.11. The molecule has 5 nitrogen and oxygen atoms in total. The predicted molar refractivity (Wildman–Crippen MR) is 86.9 cm³/mol. The molecule has 3 N–H and O–H groups in total. The molecule has 7 heteroatoms. The maximum absolute atomic E-state index is 13.8. The number of anilines is 1. The minimum absolute atomic E-state index is 0.0661. The van der Waals surface area contributed by atoms with Gasteiger partial charge in [0.05, 0.1) is 11.8 Å². The molecule has 1 aliphatic carbocycles. The van der Waals surface area contributed by atoms with Crippen LogP contribution in [0.4, 0.5) is 19.3 Å². The maximum atomic E-state index is 13.8. The lowest BCUT2D eigenvalue weighted by Crippen LogP contribution is -2.48. The van der Waals surface area contributed by atoms with Crippen LogP contribution in [0.2, 0.25) is 0 Å².